The van der Waals surface area contributed by atoms with Crippen molar-refractivity contribution in [2.24, 2.45) is 0 Å². The summed E-state index contributed by atoms with van der Waals surface area (Å²) < 4.78 is 5.64. The number of rotatable bonds is 1. The average molecular weight is 216 g/mol. The Labute approximate surface area is 94.8 Å². The molecule has 3 heteroatoms. The number of hydrogen-bond acceptors (Lipinski definition) is 2. The summed E-state index contributed by atoms with van der Waals surface area (Å²) in [6.45, 7) is 5.11. The van der Waals surface area contributed by atoms with Crippen LogP contribution in [-0.4, -0.2) is 16.6 Å². The molecule has 1 aliphatic heterocycles. The number of H-pyrrole nitrogens is 1. The number of aryl methyl sites for hydroxylation is 2. The zero-order valence-corrected chi connectivity index (χ0v) is 9.71. The Morgan fingerprint density at radius 2 is 2.12 bits per heavy atom. The monoisotopic (exact) mass is 216 g/mol. The van der Waals surface area contributed by atoms with E-state index >= 15 is 0 Å². The van der Waals surface area contributed by atoms with Crippen LogP contribution in [0.25, 0.3) is 11.0 Å². The fourth-order valence-corrected chi connectivity index (χ4v) is 2.24. The Kier molecular flexibility index (Phi) is 2.21. The molecule has 0 spiro atoms. The predicted octanol–water partition coefficient (Wildman–Crippen LogP) is 3.03. The highest BCUT2D eigenvalue weighted by atomic mass is 16.5. The maximum Gasteiger partial charge on any atom is 0.136 e. The molecule has 2 heterocycles. The van der Waals surface area contributed by atoms with Gasteiger partial charge in [-0.25, -0.2) is 4.98 Å². The van der Waals surface area contributed by atoms with Crippen molar-refractivity contribution in [2.75, 3.05) is 6.61 Å². The number of nitrogens with zero attached hydrogens (tertiary/aromatic N) is 1. The van der Waals surface area contributed by atoms with Gasteiger partial charge in [-0.1, -0.05) is 0 Å². The standard InChI is InChI=1S/C13H16N2O/c1-8-6-10-11(7-9(8)2)15-13(14-10)12-4-3-5-16-12/h6-7,12H,3-5H2,1-2H3,(H,14,15). The maximum absolute atomic E-state index is 5.64. The zero-order chi connectivity index (χ0) is 11.1. The molecule has 16 heavy (non-hydrogen) atoms. The lowest BCUT2D eigenvalue weighted by atomic mass is 10.1. The summed E-state index contributed by atoms with van der Waals surface area (Å²) in [5, 5.41) is 0. The molecule has 2 aromatic rings. The first-order valence-electron chi connectivity index (χ1n) is 5.82. The highest BCUT2D eigenvalue weighted by molar-refractivity contribution is 5.77. The summed E-state index contributed by atoms with van der Waals surface area (Å²) in [5.41, 5.74) is 4.76. The first kappa shape index (κ1) is 9.85. The van der Waals surface area contributed by atoms with Crippen LogP contribution in [0.2, 0.25) is 0 Å². The van der Waals surface area contributed by atoms with E-state index in [1.54, 1.807) is 0 Å². The molecule has 1 N–H and O–H groups in total. The van der Waals surface area contributed by atoms with Gasteiger partial charge in [0.2, 0.25) is 0 Å². The predicted molar refractivity (Wildman–Crippen MR) is 63.5 cm³/mol. The minimum Gasteiger partial charge on any atom is -0.370 e. The van der Waals surface area contributed by atoms with E-state index < -0.39 is 0 Å². The number of benzene rings is 1. The summed E-state index contributed by atoms with van der Waals surface area (Å²) in [5.74, 6) is 0.984. The number of hydrogen-bond donors (Lipinski definition) is 1. The van der Waals surface area contributed by atoms with Crippen molar-refractivity contribution in [2.45, 2.75) is 32.8 Å². The molecule has 0 bridgehead atoms. The molecule has 0 saturated carbocycles. The van der Waals surface area contributed by atoms with E-state index in [9.17, 15) is 0 Å². The van der Waals surface area contributed by atoms with Gasteiger partial charge in [0.05, 0.1) is 11.0 Å². The molecule has 84 valence electrons. The molecule has 1 aromatic heterocycles. The van der Waals surface area contributed by atoms with Crippen molar-refractivity contribution in [3.05, 3.63) is 29.1 Å². The Hall–Kier alpha value is -1.35. The fraction of sp³-hybridized carbons (Fsp3) is 0.462. The topological polar surface area (TPSA) is 37.9 Å². The first-order chi connectivity index (χ1) is 7.74. The fourth-order valence-electron chi connectivity index (χ4n) is 2.24. The maximum atomic E-state index is 5.64. The van der Waals surface area contributed by atoms with Crippen LogP contribution in [0.1, 0.15) is 35.9 Å². The SMILES string of the molecule is Cc1cc2nc(C3CCCO3)[nH]c2cc1C. The number of nitrogens with one attached hydrogen (secondary N) is 1. The van der Waals surface area contributed by atoms with Crippen molar-refractivity contribution < 1.29 is 4.74 Å². The Morgan fingerprint density at radius 1 is 1.31 bits per heavy atom. The van der Waals surface area contributed by atoms with Gasteiger partial charge in [0.25, 0.3) is 0 Å². The van der Waals surface area contributed by atoms with Crippen molar-refractivity contribution in [1.29, 1.82) is 0 Å². The third-order valence-electron chi connectivity index (χ3n) is 3.35. The highest BCUT2D eigenvalue weighted by Gasteiger charge is 2.21. The van der Waals surface area contributed by atoms with Crippen LogP contribution in [0.4, 0.5) is 0 Å². The van der Waals surface area contributed by atoms with Crippen LogP contribution in [0.3, 0.4) is 0 Å². The van der Waals surface area contributed by atoms with E-state index in [1.807, 2.05) is 0 Å². The Morgan fingerprint density at radius 3 is 2.88 bits per heavy atom. The van der Waals surface area contributed by atoms with E-state index in [1.165, 1.54) is 11.1 Å². The van der Waals surface area contributed by atoms with Crippen LogP contribution in [0, 0.1) is 13.8 Å². The van der Waals surface area contributed by atoms with Gasteiger partial charge >= 0.3 is 0 Å². The molecule has 1 fully saturated rings. The highest BCUT2D eigenvalue weighted by Crippen LogP contribution is 2.28. The molecule has 1 saturated heterocycles. The number of ether oxygens (including phenoxy) is 1. The molecular weight excluding hydrogens is 200 g/mol. The van der Waals surface area contributed by atoms with E-state index in [4.69, 9.17) is 4.74 Å². The third-order valence-corrected chi connectivity index (χ3v) is 3.35. The average Bonchev–Trinajstić information content (AvgIpc) is 2.86. The number of fused-ring (bicyclic) bond motifs is 1. The van der Waals surface area contributed by atoms with E-state index in [2.05, 4.69) is 35.9 Å². The number of imidazole rings is 1. The Balaban J connectivity index is 2.08. The third kappa shape index (κ3) is 1.52. The Bertz CT molecular complexity index is 485. The van der Waals surface area contributed by atoms with Crippen molar-refractivity contribution >= 4 is 11.0 Å². The van der Waals surface area contributed by atoms with E-state index in [0.29, 0.717) is 0 Å². The van der Waals surface area contributed by atoms with Crippen LogP contribution in [-0.2, 0) is 4.74 Å². The molecule has 1 unspecified atom stereocenters. The van der Waals surface area contributed by atoms with Crippen LogP contribution in [0.15, 0.2) is 12.1 Å². The normalized spacial score (nSPS) is 20.8. The smallest absolute Gasteiger partial charge is 0.136 e. The summed E-state index contributed by atoms with van der Waals surface area (Å²) in [6.07, 6.45) is 2.39. The summed E-state index contributed by atoms with van der Waals surface area (Å²) in [7, 11) is 0. The molecule has 1 aromatic carbocycles. The summed E-state index contributed by atoms with van der Waals surface area (Å²) in [6, 6.07) is 4.30. The molecule has 1 aliphatic rings. The second-order valence-electron chi connectivity index (χ2n) is 4.58. The minimum absolute atomic E-state index is 0.174. The van der Waals surface area contributed by atoms with Gasteiger partial charge in [-0.3, -0.25) is 0 Å². The molecular formula is C13H16N2O. The molecule has 0 amide bonds. The zero-order valence-electron chi connectivity index (χ0n) is 9.71. The summed E-state index contributed by atoms with van der Waals surface area (Å²) in [4.78, 5) is 7.99. The minimum atomic E-state index is 0.174. The van der Waals surface area contributed by atoms with Crippen molar-refractivity contribution in [1.82, 2.24) is 9.97 Å². The lowest BCUT2D eigenvalue weighted by Gasteiger charge is -2.03. The van der Waals surface area contributed by atoms with Gasteiger partial charge in [0.1, 0.15) is 11.9 Å². The van der Waals surface area contributed by atoms with E-state index in [-0.39, 0.29) is 6.10 Å². The van der Waals surface area contributed by atoms with Gasteiger partial charge in [-0.2, -0.15) is 0 Å². The van der Waals surface area contributed by atoms with Gasteiger partial charge < -0.3 is 9.72 Å². The largest absolute Gasteiger partial charge is 0.370 e. The van der Waals surface area contributed by atoms with Gasteiger partial charge in [-0.15, -0.1) is 0 Å². The lowest BCUT2D eigenvalue weighted by Crippen LogP contribution is -1.97. The quantitative estimate of drug-likeness (QED) is 0.795. The molecule has 0 radical (unpaired) electrons. The van der Waals surface area contributed by atoms with Crippen molar-refractivity contribution in [3.63, 3.8) is 0 Å². The van der Waals surface area contributed by atoms with Crippen LogP contribution >= 0.6 is 0 Å². The molecule has 1 atom stereocenters. The van der Waals surface area contributed by atoms with Gasteiger partial charge in [-0.05, 0) is 49.9 Å². The molecule has 3 rings (SSSR count). The van der Waals surface area contributed by atoms with Crippen LogP contribution < -0.4 is 0 Å². The van der Waals surface area contributed by atoms with Gasteiger partial charge in [0.15, 0.2) is 0 Å². The number of aromatic nitrogens is 2. The second-order valence-corrected chi connectivity index (χ2v) is 4.58. The molecule has 0 aliphatic carbocycles. The lowest BCUT2D eigenvalue weighted by molar-refractivity contribution is 0.106. The summed E-state index contributed by atoms with van der Waals surface area (Å²) >= 11 is 0. The van der Waals surface area contributed by atoms with Crippen molar-refractivity contribution in [3.8, 4) is 0 Å². The van der Waals surface area contributed by atoms with Crippen LogP contribution in [0.5, 0.6) is 0 Å². The number of aromatic amines is 1. The molecule has 3 nitrogen and oxygen atoms in total. The van der Waals surface area contributed by atoms with E-state index in [0.717, 1.165) is 36.3 Å². The second kappa shape index (κ2) is 3.59. The van der Waals surface area contributed by atoms with Gasteiger partial charge in [0, 0.05) is 6.61 Å². The first-order valence-corrected chi connectivity index (χ1v) is 5.82.